The standard InChI is InChI=1S/C12H10N4O2S/c1-7-2-3-10-8(4-7)9(16-18-10)5-11(17)14-12-15-13-6-19-12/h2-4,6H,5H2,1H3,(H,14,15,17). The molecule has 0 aliphatic carbocycles. The van der Waals surface area contributed by atoms with Gasteiger partial charge in [0, 0.05) is 5.39 Å². The zero-order chi connectivity index (χ0) is 13.2. The molecular weight excluding hydrogens is 264 g/mol. The molecule has 0 bridgehead atoms. The second kappa shape index (κ2) is 4.77. The molecule has 0 radical (unpaired) electrons. The maximum absolute atomic E-state index is 11.9. The number of amides is 1. The van der Waals surface area contributed by atoms with Crippen molar-refractivity contribution in [2.45, 2.75) is 13.3 Å². The van der Waals surface area contributed by atoms with E-state index in [1.165, 1.54) is 11.3 Å². The molecular formula is C12H10N4O2S. The van der Waals surface area contributed by atoms with Gasteiger partial charge in [-0.3, -0.25) is 4.79 Å². The number of aromatic nitrogens is 3. The van der Waals surface area contributed by atoms with E-state index < -0.39 is 0 Å². The Kier molecular flexibility index (Phi) is 2.96. The van der Waals surface area contributed by atoms with Crippen LogP contribution in [0.2, 0.25) is 0 Å². The molecule has 2 heterocycles. The lowest BCUT2D eigenvalue weighted by Gasteiger charge is -1.98. The molecule has 96 valence electrons. The lowest BCUT2D eigenvalue weighted by atomic mass is 10.1. The van der Waals surface area contributed by atoms with Crippen LogP contribution in [0.15, 0.2) is 28.2 Å². The molecule has 6 nitrogen and oxygen atoms in total. The molecule has 0 fully saturated rings. The molecule has 7 heteroatoms. The summed E-state index contributed by atoms with van der Waals surface area (Å²) in [6.45, 7) is 1.98. The molecule has 2 aromatic heterocycles. The van der Waals surface area contributed by atoms with Gasteiger partial charge >= 0.3 is 0 Å². The number of carbonyl (C=O) groups is 1. The third kappa shape index (κ3) is 2.45. The van der Waals surface area contributed by atoms with Gasteiger partial charge in [0.25, 0.3) is 0 Å². The highest BCUT2D eigenvalue weighted by atomic mass is 32.1. The van der Waals surface area contributed by atoms with Crippen LogP contribution < -0.4 is 5.32 Å². The Morgan fingerprint density at radius 3 is 3.16 bits per heavy atom. The van der Waals surface area contributed by atoms with Gasteiger partial charge in [0.05, 0.1) is 6.42 Å². The molecule has 0 saturated heterocycles. The van der Waals surface area contributed by atoms with Gasteiger partial charge in [0.15, 0.2) is 5.58 Å². The van der Waals surface area contributed by atoms with E-state index in [4.69, 9.17) is 4.52 Å². The fraction of sp³-hybridized carbons (Fsp3) is 0.167. The second-order valence-corrected chi connectivity index (χ2v) is 4.93. The van der Waals surface area contributed by atoms with Crippen molar-refractivity contribution in [1.29, 1.82) is 0 Å². The third-order valence-corrected chi connectivity index (χ3v) is 3.24. The minimum Gasteiger partial charge on any atom is -0.356 e. The van der Waals surface area contributed by atoms with E-state index in [1.54, 1.807) is 5.51 Å². The van der Waals surface area contributed by atoms with E-state index in [2.05, 4.69) is 20.7 Å². The minimum atomic E-state index is -0.187. The second-order valence-electron chi connectivity index (χ2n) is 4.10. The topological polar surface area (TPSA) is 80.9 Å². The first kappa shape index (κ1) is 11.8. The van der Waals surface area contributed by atoms with Gasteiger partial charge in [-0.25, -0.2) is 0 Å². The predicted molar refractivity (Wildman–Crippen MR) is 71.0 cm³/mol. The van der Waals surface area contributed by atoms with E-state index in [-0.39, 0.29) is 12.3 Å². The van der Waals surface area contributed by atoms with Gasteiger partial charge in [-0.1, -0.05) is 28.1 Å². The van der Waals surface area contributed by atoms with Crippen LogP contribution in [0.25, 0.3) is 11.0 Å². The first-order valence-electron chi connectivity index (χ1n) is 5.63. The SMILES string of the molecule is Cc1ccc2onc(CC(=O)Nc3nncs3)c2c1. The number of anilines is 1. The highest BCUT2D eigenvalue weighted by Gasteiger charge is 2.13. The van der Waals surface area contributed by atoms with E-state index in [0.717, 1.165) is 10.9 Å². The van der Waals surface area contributed by atoms with Crippen LogP contribution in [0.3, 0.4) is 0 Å². The summed E-state index contributed by atoms with van der Waals surface area (Å²) >= 11 is 1.27. The fourth-order valence-corrected chi connectivity index (χ4v) is 2.23. The van der Waals surface area contributed by atoms with Gasteiger partial charge in [-0.15, -0.1) is 10.2 Å². The summed E-state index contributed by atoms with van der Waals surface area (Å²) < 4.78 is 5.18. The van der Waals surface area contributed by atoms with Gasteiger partial charge in [0.2, 0.25) is 11.0 Å². The van der Waals surface area contributed by atoms with Crippen LogP contribution in [-0.4, -0.2) is 21.3 Å². The molecule has 3 rings (SSSR count). The summed E-state index contributed by atoms with van der Waals surface area (Å²) in [5, 5.41) is 15.4. The number of rotatable bonds is 3. The Bertz CT molecular complexity index is 720. The van der Waals surface area contributed by atoms with Gasteiger partial charge in [0.1, 0.15) is 11.2 Å². The number of benzene rings is 1. The van der Waals surface area contributed by atoms with Crippen LogP contribution in [0, 0.1) is 6.92 Å². The maximum atomic E-state index is 11.9. The van der Waals surface area contributed by atoms with Crippen molar-refractivity contribution in [2.24, 2.45) is 0 Å². The van der Waals surface area contributed by atoms with E-state index in [0.29, 0.717) is 16.4 Å². The molecule has 0 spiro atoms. The normalized spacial score (nSPS) is 10.8. The smallest absolute Gasteiger partial charge is 0.232 e. The number of carbonyl (C=O) groups excluding carboxylic acids is 1. The van der Waals surface area contributed by atoms with E-state index >= 15 is 0 Å². The summed E-state index contributed by atoms with van der Waals surface area (Å²) in [6.07, 6.45) is 0.149. The number of nitrogens with zero attached hydrogens (tertiary/aromatic N) is 3. The van der Waals surface area contributed by atoms with Crippen molar-refractivity contribution in [2.75, 3.05) is 5.32 Å². The Labute approximate surface area is 112 Å². The van der Waals surface area contributed by atoms with Crippen molar-refractivity contribution in [3.63, 3.8) is 0 Å². The van der Waals surface area contributed by atoms with Crippen LogP contribution in [-0.2, 0) is 11.2 Å². The summed E-state index contributed by atoms with van der Waals surface area (Å²) in [5.74, 6) is -0.187. The first-order valence-corrected chi connectivity index (χ1v) is 6.51. The van der Waals surface area contributed by atoms with Gasteiger partial charge in [-0.05, 0) is 19.1 Å². The zero-order valence-corrected chi connectivity index (χ0v) is 10.9. The summed E-state index contributed by atoms with van der Waals surface area (Å²) in [7, 11) is 0. The fourth-order valence-electron chi connectivity index (χ4n) is 1.77. The molecule has 0 saturated carbocycles. The van der Waals surface area contributed by atoms with Crippen LogP contribution in [0.5, 0.6) is 0 Å². The number of hydrogen-bond donors (Lipinski definition) is 1. The number of nitrogens with one attached hydrogen (secondary N) is 1. The summed E-state index contributed by atoms with van der Waals surface area (Å²) in [6, 6.07) is 5.75. The molecule has 0 aliphatic heterocycles. The van der Waals surface area contributed by atoms with Crippen LogP contribution >= 0.6 is 11.3 Å². The average Bonchev–Trinajstić information content (AvgIpc) is 3.00. The molecule has 3 aromatic rings. The van der Waals surface area contributed by atoms with Crippen LogP contribution in [0.4, 0.5) is 5.13 Å². The Balaban J connectivity index is 1.81. The lowest BCUT2D eigenvalue weighted by Crippen LogP contribution is -2.14. The highest BCUT2D eigenvalue weighted by Crippen LogP contribution is 2.20. The average molecular weight is 274 g/mol. The highest BCUT2D eigenvalue weighted by molar-refractivity contribution is 7.13. The first-order chi connectivity index (χ1) is 9.22. The largest absolute Gasteiger partial charge is 0.356 e. The summed E-state index contributed by atoms with van der Waals surface area (Å²) in [5.41, 5.74) is 3.97. The number of aryl methyl sites for hydroxylation is 1. The quantitative estimate of drug-likeness (QED) is 0.791. The van der Waals surface area contributed by atoms with E-state index in [1.807, 2.05) is 25.1 Å². The van der Waals surface area contributed by atoms with Gasteiger partial charge < -0.3 is 9.84 Å². The molecule has 0 aliphatic rings. The van der Waals surface area contributed by atoms with Crippen LogP contribution in [0.1, 0.15) is 11.3 Å². The predicted octanol–water partition coefficient (Wildman–Crippen LogP) is 2.17. The molecule has 0 atom stereocenters. The van der Waals surface area contributed by atoms with Crippen molar-refractivity contribution in [3.05, 3.63) is 35.0 Å². The molecule has 1 amide bonds. The van der Waals surface area contributed by atoms with Crippen molar-refractivity contribution in [3.8, 4) is 0 Å². The Morgan fingerprint density at radius 2 is 2.37 bits per heavy atom. The number of hydrogen-bond acceptors (Lipinski definition) is 6. The minimum absolute atomic E-state index is 0.149. The van der Waals surface area contributed by atoms with Crippen molar-refractivity contribution < 1.29 is 9.32 Å². The number of fused-ring (bicyclic) bond motifs is 1. The van der Waals surface area contributed by atoms with Crippen molar-refractivity contribution in [1.82, 2.24) is 15.4 Å². The summed E-state index contributed by atoms with van der Waals surface area (Å²) in [4.78, 5) is 11.9. The maximum Gasteiger partial charge on any atom is 0.232 e. The third-order valence-electron chi connectivity index (χ3n) is 2.63. The van der Waals surface area contributed by atoms with Crippen molar-refractivity contribution >= 4 is 33.3 Å². The lowest BCUT2D eigenvalue weighted by molar-refractivity contribution is -0.115. The molecule has 19 heavy (non-hydrogen) atoms. The molecule has 0 unspecified atom stereocenters. The molecule has 1 aromatic carbocycles. The Hall–Kier alpha value is -2.28. The monoisotopic (exact) mass is 274 g/mol. The van der Waals surface area contributed by atoms with Gasteiger partial charge in [-0.2, -0.15) is 0 Å². The Morgan fingerprint density at radius 1 is 1.47 bits per heavy atom. The zero-order valence-electron chi connectivity index (χ0n) is 10.1. The van der Waals surface area contributed by atoms with E-state index in [9.17, 15) is 4.79 Å². The molecule has 1 N–H and O–H groups in total.